The molecule has 2 N–H and O–H groups in total. The SMILES string of the molecule is NC(=Cc1ccccc1)OC(=O)Oc1ccccn1. The largest absolute Gasteiger partial charge is 0.522 e. The highest BCUT2D eigenvalue weighted by Gasteiger charge is 2.08. The van der Waals surface area contributed by atoms with Crippen molar-refractivity contribution in [2.45, 2.75) is 0 Å². The minimum Gasteiger partial charge on any atom is -0.378 e. The number of carbonyl (C=O) groups excluding carboxylic acids is 1. The van der Waals surface area contributed by atoms with Crippen molar-refractivity contribution < 1.29 is 14.3 Å². The highest BCUT2D eigenvalue weighted by molar-refractivity contribution is 5.66. The molecule has 0 fully saturated rings. The zero-order valence-electron chi connectivity index (χ0n) is 10.0. The van der Waals surface area contributed by atoms with Crippen molar-refractivity contribution in [3.05, 3.63) is 66.2 Å². The molecule has 2 rings (SSSR count). The molecular weight excluding hydrogens is 244 g/mol. The smallest absolute Gasteiger partial charge is 0.378 e. The lowest BCUT2D eigenvalue weighted by Crippen LogP contribution is -2.14. The predicted molar refractivity (Wildman–Crippen MR) is 70.0 cm³/mol. The molecule has 0 atom stereocenters. The number of pyridine rings is 1. The van der Waals surface area contributed by atoms with Gasteiger partial charge in [-0.05, 0) is 11.6 Å². The fourth-order valence-electron chi connectivity index (χ4n) is 1.35. The Morgan fingerprint density at radius 3 is 2.53 bits per heavy atom. The van der Waals surface area contributed by atoms with E-state index in [2.05, 4.69) is 4.98 Å². The van der Waals surface area contributed by atoms with Gasteiger partial charge in [0.15, 0.2) is 5.88 Å². The second-order valence-electron chi connectivity index (χ2n) is 3.58. The van der Waals surface area contributed by atoms with Gasteiger partial charge >= 0.3 is 6.16 Å². The van der Waals surface area contributed by atoms with Crippen LogP contribution in [0.2, 0.25) is 0 Å². The third kappa shape index (κ3) is 4.16. The van der Waals surface area contributed by atoms with Gasteiger partial charge in [-0.1, -0.05) is 36.4 Å². The van der Waals surface area contributed by atoms with Crippen LogP contribution in [-0.2, 0) is 4.74 Å². The quantitative estimate of drug-likeness (QED) is 0.674. The average molecular weight is 256 g/mol. The summed E-state index contributed by atoms with van der Waals surface area (Å²) in [4.78, 5) is 15.2. The maximum absolute atomic E-state index is 11.4. The molecule has 0 aliphatic carbocycles. The summed E-state index contributed by atoms with van der Waals surface area (Å²) in [6.45, 7) is 0. The predicted octanol–water partition coefficient (Wildman–Crippen LogP) is 2.55. The maximum Gasteiger partial charge on any atom is 0.522 e. The van der Waals surface area contributed by atoms with Crippen molar-refractivity contribution in [3.8, 4) is 5.88 Å². The molecule has 1 aromatic heterocycles. The molecule has 2 aromatic rings. The molecule has 5 nitrogen and oxygen atoms in total. The molecule has 0 spiro atoms. The fourth-order valence-corrected chi connectivity index (χ4v) is 1.35. The molecule has 0 aliphatic rings. The summed E-state index contributed by atoms with van der Waals surface area (Å²) in [7, 11) is 0. The molecule has 1 aromatic carbocycles. The van der Waals surface area contributed by atoms with E-state index >= 15 is 0 Å². The number of nitrogens with zero attached hydrogens (tertiary/aromatic N) is 1. The van der Waals surface area contributed by atoms with Gasteiger partial charge in [0.05, 0.1) is 0 Å². The van der Waals surface area contributed by atoms with Gasteiger partial charge in [0.25, 0.3) is 0 Å². The second kappa shape index (κ2) is 6.20. The molecule has 0 saturated heterocycles. The first-order valence-electron chi connectivity index (χ1n) is 5.57. The first kappa shape index (κ1) is 12.6. The van der Waals surface area contributed by atoms with Crippen LogP contribution in [0.5, 0.6) is 5.88 Å². The third-order valence-corrected chi connectivity index (χ3v) is 2.14. The van der Waals surface area contributed by atoms with E-state index in [4.69, 9.17) is 15.2 Å². The Morgan fingerprint density at radius 1 is 1.11 bits per heavy atom. The molecule has 0 bridgehead atoms. The number of carbonyl (C=O) groups is 1. The van der Waals surface area contributed by atoms with Crippen molar-refractivity contribution in [1.82, 2.24) is 4.98 Å². The molecule has 0 aliphatic heterocycles. The Kier molecular flexibility index (Phi) is 4.12. The number of nitrogens with two attached hydrogens (primary N) is 1. The summed E-state index contributed by atoms with van der Waals surface area (Å²) in [5, 5.41) is 0. The second-order valence-corrected chi connectivity index (χ2v) is 3.58. The first-order valence-corrected chi connectivity index (χ1v) is 5.57. The van der Waals surface area contributed by atoms with Gasteiger partial charge in [-0.25, -0.2) is 9.78 Å². The van der Waals surface area contributed by atoms with Crippen LogP contribution in [0.4, 0.5) is 4.79 Å². The van der Waals surface area contributed by atoms with Gasteiger partial charge in [-0.3, -0.25) is 0 Å². The number of hydrogen-bond acceptors (Lipinski definition) is 5. The zero-order chi connectivity index (χ0) is 13.5. The monoisotopic (exact) mass is 256 g/mol. The van der Waals surface area contributed by atoms with Crippen LogP contribution < -0.4 is 10.5 Å². The van der Waals surface area contributed by atoms with Crippen LogP contribution in [0.15, 0.2) is 60.6 Å². The summed E-state index contributed by atoms with van der Waals surface area (Å²) in [5.74, 6) is 0.104. The van der Waals surface area contributed by atoms with E-state index in [1.807, 2.05) is 30.3 Å². The van der Waals surface area contributed by atoms with Gasteiger partial charge in [0, 0.05) is 18.3 Å². The Balaban J connectivity index is 1.94. The van der Waals surface area contributed by atoms with Crippen LogP contribution in [-0.4, -0.2) is 11.1 Å². The Bertz CT molecular complexity index is 568. The lowest BCUT2D eigenvalue weighted by Gasteiger charge is -2.04. The van der Waals surface area contributed by atoms with Crippen molar-refractivity contribution >= 4 is 12.2 Å². The van der Waals surface area contributed by atoms with E-state index in [0.29, 0.717) is 0 Å². The summed E-state index contributed by atoms with van der Waals surface area (Å²) < 4.78 is 9.63. The van der Waals surface area contributed by atoms with Crippen molar-refractivity contribution in [2.75, 3.05) is 0 Å². The summed E-state index contributed by atoms with van der Waals surface area (Å²) in [5.41, 5.74) is 6.40. The lowest BCUT2D eigenvalue weighted by molar-refractivity contribution is 0.124. The number of benzene rings is 1. The molecule has 0 radical (unpaired) electrons. The van der Waals surface area contributed by atoms with Gasteiger partial charge in [0.1, 0.15) is 0 Å². The van der Waals surface area contributed by atoms with E-state index in [1.165, 1.54) is 12.3 Å². The van der Waals surface area contributed by atoms with E-state index in [-0.39, 0.29) is 11.8 Å². The molecule has 96 valence electrons. The van der Waals surface area contributed by atoms with E-state index in [0.717, 1.165) is 5.56 Å². The number of ether oxygens (including phenoxy) is 2. The standard InChI is InChI=1S/C14H12N2O3/c15-12(10-11-6-2-1-3-7-11)18-14(17)19-13-8-4-5-9-16-13/h1-10H,15H2. The molecule has 19 heavy (non-hydrogen) atoms. The number of rotatable bonds is 3. The maximum atomic E-state index is 11.4. The summed E-state index contributed by atoms with van der Waals surface area (Å²) >= 11 is 0. The highest BCUT2D eigenvalue weighted by atomic mass is 16.7. The molecular formula is C14H12N2O3. The molecule has 5 heteroatoms. The molecule has 1 heterocycles. The number of aromatic nitrogens is 1. The molecule has 0 amide bonds. The summed E-state index contributed by atoms with van der Waals surface area (Å²) in [6.07, 6.45) is 2.11. The van der Waals surface area contributed by atoms with E-state index in [9.17, 15) is 4.79 Å². The van der Waals surface area contributed by atoms with E-state index < -0.39 is 6.16 Å². The minimum absolute atomic E-state index is 0.0490. The minimum atomic E-state index is -0.927. The molecule has 0 saturated carbocycles. The number of hydrogen-bond donors (Lipinski definition) is 1. The Morgan fingerprint density at radius 2 is 1.84 bits per heavy atom. The van der Waals surface area contributed by atoms with E-state index in [1.54, 1.807) is 18.2 Å². The summed E-state index contributed by atoms with van der Waals surface area (Å²) in [6, 6.07) is 14.2. The van der Waals surface area contributed by atoms with Gasteiger partial charge in [-0.15, -0.1) is 0 Å². The lowest BCUT2D eigenvalue weighted by atomic mass is 10.2. The van der Waals surface area contributed by atoms with Crippen molar-refractivity contribution in [3.63, 3.8) is 0 Å². The van der Waals surface area contributed by atoms with Crippen molar-refractivity contribution in [1.29, 1.82) is 0 Å². The van der Waals surface area contributed by atoms with Gasteiger partial charge < -0.3 is 15.2 Å². The zero-order valence-corrected chi connectivity index (χ0v) is 10.0. The Hall–Kier alpha value is -2.82. The Labute approximate surface area is 110 Å². The average Bonchev–Trinajstić information content (AvgIpc) is 2.40. The highest BCUT2D eigenvalue weighted by Crippen LogP contribution is 2.07. The third-order valence-electron chi connectivity index (χ3n) is 2.14. The topological polar surface area (TPSA) is 74.4 Å². The van der Waals surface area contributed by atoms with Crippen LogP contribution in [0.3, 0.4) is 0 Å². The van der Waals surface area contributed by atoms with Crippen LogP contribution in [0.25, 0.3) is 6.08 Å². The van der Waals surface area contributed by atoms with Crippen LogP contribution in [0.1, 0.15) is 5.56 Å². The van der Waals surface area contributed by atoms with Crippen LogP contribution >= 0.6 is 0 Å². The van der Waals surface area contributed by atoms with Crippen molar-refractivity contribution in [2.24, 2.45) is 5.73 Å². The molecule has 0 unspecified atom stereocenters. The fraction of sp³-hybridized carbons (Fsp3) is 0. The van der Waals surface area contributed by atoms with Gasteiger partial charge in [0.2, 0.25) is 5.88 Å². The first-order chi connectivity index (χ1) is 9.24. The van der Waals surface area contributed by atoms with Gasteiger partial charge in [-0.2, -0.15) is 0 Å². The van der Waals surface area contributed by atoms with Crippen LogP contribution in [0, 0.1) is 0 Å². The normalized spacial score (nSPS) is 10.8.